The number of oxime groups is 1. The van der Waals surface area contributed by atoms with Gasteiger partial charge in [0.05, 0.1) is 25.9 Å². The second-order valence-electron chi connectivity index (χ2n) is 6.62. The molecule has 29 heavy (non-hydrogen) atoms. The average Bonchev–Trinajstić information content (AvgIpc) is 3.18. The number of nitrogens with one attached hydrogen (secondary N) is 1. The van der Waals surface area contributed by atoms with E-state index in [1.165, 1.54) is 17.0 Å². The molecule has 0 saturated carbocycles. The van der Waals surface area contributed by atoms with E-state index in [9.17, 15) is 13.6 Å². The highest BCUT2D eigenvalue weighted by Crippen LogP contribution is 2.25. The molecule has 1 N–H and O–H groups in total. The van der Waals surface area contributed by atoms with Gasteiger partial charge in [-0.2, -0.15) is 0 Å². The first-order valence-corrected chi connectivity index (χ1v) is 9.34. The van der Waals surface area contributed by atoms with Crippen LogP contribution < -0.4 is 10.1 Å². The maximum atomic E-state index is 14.1. The van der Waals surface area contributed by atoms with E-state index < -0.39 is 11.6 Å². The van der Waals surface area contributed by atoms with E-state index >= 15 is 0 Å². The predicted molar refractivity (Wildman–Crippen MR) is 105 cm³/mol. The largest absolute Gasteiger partial charge is 0.496 e. The lowest BCUT2D eigenvalue weighted by Crippen LogP contribution is -2.43. The summed E-state index contributed by atoms with van der Waals surface area (Å²) in [6.45, 7) is 2.41. The van der Waals surface area contributed by atoms with E-state index in [2.05, 4.69) is 10.5 Å². The van der Waals surface area contributed by atoms with Crippen LogP contribution in [-0.2, 0) is 11.4 Å². The molecule has 2 amide bonds. The van der Waals surface area contributed by atoms with E-state index in [4.69, 9.17) is 9.57 Å². The summed E-state index contributed by atoms with van der Waals surface area (Å²) in [5.74, 6) is -0.674. The van der Waals surface area contributed by atoms with Crippen LogP contribution in [0.2, 0.25) is 0 Å². The Labute approximate surface area is 168 Å². The number of methoxy groups -OCH3 is 1. The first-order chi connectivity index (χ1) is 14.0. The highest BCUT2D eigenvalue weighted by Gasteiger charge is 2.28. The molecule has 1 heterocycles. The van der Waals surface area contributed by atoms with Gasteiger partial charge < -0.3 is 19.8 Å². The van der Waals surface area contributed by atoms with Crippen molar-refractivity contribution in [2.45, 2.75) is 26.0 Å². The normalized spacial score (nSPS) is 15.4. The second kappa shape index (κ2) is 9.36. The number of urea groups is 1. The Morgan fingerprint density at radius 2 is 2.10 bits per heavy atom. The molecular weight excluding hydrogens is 380 g/mol. The molecule has 0 fully saturated rings. The van der Waals surface area contributed by atoms with Crippen LogP contribution >= 0.6 is 0 Å². The Balaban J connectivity index is 1.71. The van der Waals surface area contributed by atoms with Crippen molar-refractivity contribution in [1.29, 1.82) is 0 Å². The minimum atomic E-state index is -0.697. The standard InChI is InChI=1S/C21H23F2N3O3/c1-3-24-21(27)26(12-14-8-9-15(22)10-18(14)23)13-16-11-19(25-29-16)17-6-4-5-7-20(17)28-2/h4-10,16H,3,11-13H2,1-2H3,(H,24,27). The van der Waals surface area contributed by atoms with Crippen molar-refractivity contribution in [2.75, 3.05) is 20.2 Å². The number of benzene rings is 2. The number of ether oxygens (including phenoxy) is 1. The minimum Gasteiger partial charge on any atom is -0.496 e. The van der Waals surface area contributed by atoms with Gasteiger partial charge in [0.15, 0.2) is 6.10 Å². The lowest BCUT2D eigenvalue weighted by atomic mass is 10.0. The Morgan fingerprint density at radius 1 is 1.31 bits per heavy atom. The van der Waals surface area contributed by atoms with E-state index in [1.54, 1.807) is 14.0 Å². The molecule has 0 spiro atoms. The minimum absolute atomic E-state index is 0.0121. The molecule has 6 nitrogen and oxygen atoms in total. The second-order valence-corrected chi connectivity index (χ2v) is 6.62. The molecule has 1 unspecified atom stereocenters. The smallest absolute Gasteiger partial charge is 0.317 e. The number of carbonyl (C=O) groups excluding carboxylic acids is 1. The number of hydrogen-bond acceptors (Lipinski definition) is 4. The van der Waals surface area contributed by atoms with Crippen LogP contribution in [0.25, 0.3) is 0 Å². The van der Waals surface area contributed by atoms with Gasteiger partial charge in [-0.15, -0.1) is 0 Å². The Bertz CT molecular complexity index is 904. The van der Waals surface area contributed by atoms with E-state index in [1.807, 2.05) is 24.3 Å². The molecule has 8 heteroatoms. The van der Waals surface area contributed by atoms with Crippen molar-refractivity contribution in [2.24, 2.45) is 5.16 Å². The SMILES string of the molecule is CCNC(=O)N(Cc1ccc(F)cc1F)CC1CC(c2ccccc2OC)=NO1. The third-order valence-corrected chi connectivity index (χ3v) is 4.57. The Hall–Kier alpha value is -3.16. The highest BCUT2D eigenvalue weighted by molar-refractivity contribution is 6.03. The molecular formula is C21H23F2N3O3. The van der Waals surface area contributed by atoms with E-state index in [-0.39, 0.29) is 30.8 Å². The van der Waals surface area contributed by atoms with E-state index in [0.29, 0.717) is 18.7 Å². The van der Waals surface area contributed by atoms with Gasteiger partial charge in [-0.3, -0.25) is 0 Å². The van der Waals surface area contributed by atoms with Crippen LogP contribution in [0.15, 0.2) is 47.6 Å². The molecule has 2 aromatic carbocycles. The number of amides is 2. The number of carbonyl (C=O) groups is 1. The zero-order valence-electron chi connectivity index (χ0n) is 16.3. The van der Waals surface area contributed by atoms with Gasteiger partial charge in [0.2, 0.25) is 0 Å². The van der Waals surface area contributed by atoms with Gasteiger partial charge in [-0.1, -0.05) is 23.4 Å². The number of halogens is 2. The monoisotopic (exact) mass is 403 g/mol. The third kappa shape index (κ3) is 5.01. The topological polar surface area (TPSA) is 63.2 Å². The molecule has 0 saturated heterocycles. The Morgan fingerprint density at radius 3 is 2.83 bits per heavy atom. The fourth-order valence-electron chi connectivity index (χ4n) is 3.15. The molecule has 3 rings (SSSR count). The third-order valence-electron chi connectivity index (χ3n) is 4.57. The molecule has 1 atom stereocenters. The van der Waals surface area contributed by atoms with Crippen LogP contribution in [-0.4, -0.2) is 42.9 Å². The predicted octanol–water partition coefficient (Wildman–Crippen LogP) is 3.70. The quantitative estimate of drug-likeness (QED) is 0.767. The van der Waals surface area contributed by atoms with Crippen LogP contribution in [0.5, 0.6) is 5.75 Å². The molecule has 154 valence electrons. The zero-order chi connectivity index (χ0) is 20.8. The van der Waals surface area contributed by atoms with Crippen molar-refractivity contribution in [3.05, 3.63) is 65.2 Å². The summed E-state index contributed by atoms with van der Waals surface area (Å²) in [6.07, 6.45) is 0.0864. The van der Waals surface area contributed by atoms with Gasteiger partial charge in [0.25, 0.3) is 0 Å². The first-order valence-electron chi connectivity index (χ1n) is 9.34. The number of rotatable bonds is 7. The molecule has 0 aliphatic carbocycles. The fraction of sp³-hybridized carbons (Fsp3) is 0.333. The Kier molecular flexibility index (Phi) is 6.64. The summed E-state index contributed by atoms with van der Waals surface area (Å²) in [7, 11) is 1.58. The molecule has 2 aromatic rings. The lowest BCUT2D eigenvalue weighted by Gasteiger charge is -2.25. The molecule has 1 aliphatic heterocycles. The summed E-state index contributed by atoms with van der Waals surface area (Å²) in [5, 5.41) is 6.85. The van der Waals surface area contributed by atoms with Gasteiger partial charge in [-0.05, 0) is 25.1 Å². The van der Waals surface area contributed by atoms with Crippen LogP contribution in [0, 0.1) is 11.6 Å². The maximum Gasteiger partial charge on any atom is 0.317 e. The van der Waals surface area contributed by atoms with Crippen molar-refractivity contribution in [3.63, 3.8) is 0 Å². The maximum absolute atomic E-state index is 14.1. The molecule has 0 aromatic heterocycles. The summed E-state index contributed by atoms with van der Waals surface area (Å²) < 4.78 is 32.6. The summed E-state index contributed by atoms with van der Waals surface area (Å²) in [4.78, 5) is 19.4. The number of para-hydroxylation sites is 1. The fourth-order valence-corrected chi connectivity index (χ4v) is 3.15. The first kappa shape index (κ1) is 20.6. The van der Waals surface area contributed by atoms with Gasteiger partial charge >= 0.3 is 6.03 Å². The molecule has 0 radical (unpaired) electrons. The lowest BCUT2D eigenvalue weighted by molar-refractivity contribution is 0.0588. The van der Waals surface area contributed by atoms with Crippen molar-refractivity contribution < 1.29 is 23.1 Å². The number of hydrogen-bond donors (Lipinski definition) is 1. The van der Waals surface area contributed by atoms with Crippen molar-refractivity contribution in [1.82, 2.24) is 10.2 Å². The molecule has 0 bridgehead atoms. The van der Waals surface area contributed by atoms with Gasteiger partial charge in [-0.25, -0.2) is 13.6 Å². The summed E-state index contributed by atoms with van der Waals surface area (Å²) in [6, 6.07) is 10.4. The van der Waals surface area contributed by atoms with Crippen LogP contribution in [0.1, 0.15) is 24.5 Å². The van der Waals surface area contributed by atoms with Crippen LogP contribution in [0.4, 0.5) is 13.6 Å². The highest BCUT2D eigenvalue weighted by atomic mass is 19.1. The number of nitrogens with zero attached hydrogens (tertiary/aromatic N) is 2. The van der Waals surface area contributed by atoms with Crippen LogP contribution in [0.3, 0.4) is 0 Å². The van der Waals surface area contributed by atoms with Gasteiger partial charge in [0.1, 0.15) is 17.4 Å². The average molecular weight is 403 g/mol. The molecule has 1 aliphatic rings. The summed E-state index contributed by atoms with van der Waals surface area (Å²) in [5.41, 5.74) is 1.77. The van der Waals surface area contributed by atoms with E-state index in [0.717, 1.165) is 17.3 Å². The van der Waals surface area contributed by atoms with Crippen molar-refractivity contribution >= 4 is 11.7 Å². The van der Waals surface area contributed by atoms with Gasteiger partial charge in [0, 0.05) is 30.2 Å². The summed E-state index contributed by atoms with van der Waals surface area (Å²) >= 11 is 0. The zero-order valence-corrected chi connectivity index (χ0v) is 16.3. The van der Waals surface area contributed by atoms with Crippen molar-refractivity contribution in [3.8, 4) is 5.75 Å².